The Bertz CT molecular complexity index is 382. The summed E-state index contributed by atoms with van der Waals surface area (Å²) < 4.78 is 0. The van der Waals surface area contributed by atoms with Crippen molar-refractivity contribution in [2.75, 3.05) is 5.32 Å². The number of hydrogen-bond acceptors (Lipinski definition) is 3. The van der Waals surface area contributed by atoms with E-state index in [-0.39, 0.29) is 11.5 Å². The van der Waals surface area contributed by atoms with Gasteiger partial charge in [0.2, 0.25) is 0 Å². The molecule has 1 aromatic rings. The van der Waals surface area contributed by atoms with Crippen LogP contribution in [0, 0.1) is 5.41 Å². The van der Waals surface area contributed by atoms with Crippen molar-refractivity contribution in [3.63, 3.8) is 0 Å². The third kappa shape index (κ3) is 2.95. The monoisotopic (exact) mass is 221 g/mol. The lowest BCUT2D eigenvalue weighted by molar-refractivity contribution is 0.100. The zero-order valence-corrected chi connectivity index (χ0v) is 10.2. The van der Waals surface area contributed by atoms with E-state index in [0.717, 1.165) is 0 Å². The van der Waals surface area contributed by atoms with Gasteiger partial charge in [-0.2, -0.15) is 0 Å². The molecule has 4 nitrogen and oxygen atoms in total. The molecular formula is C12H19N3O. The summed E-state index contributed by atoms with van der Waals surface area (Å²) in [6.07, 6.45) is 1.64. The molecule has 0 aliphatic heterocycles. The smallest absolute Gasteiger partial charge is 0.252 e. The van der Waals surface area contributed by atoms with Gasteiger partial charge < -0.3 is 11.1 Å². The predicted octanol–water partition coefficient (Wildman–Crippen LogP) is 2.03. The van der Waals surface area contributed by atoms with Crippen molar-refractivity contribution in [2.45, 2.75) is 33.7 Å². The number of anilines is 1. The molecule has 0 saturated heterocycles. The Hall–Kier alpha value is -1.58. The molecule has 0 bridgehead atoms. The molecule has 1 atom stereocenters. The van der Waals surface area contributed by atoms with Crippen LogP contribution in [0.1, 0.15) is 38.1 Å². The van der Waals surface area contributed by atoms with Gasteiger partial charge in [0.05, 0.1) is 5.56 Å². The highest BCUT2D eigenvalue weighted by atomic mass is 16.1. The van der Waals surface area contributed by atoms with Crippen LogP contribution in [0.2, 0.25) is 0 Å². The van der Waals surface area contributed by atoms with Crippen LogP contribution in [0.25, 0.3) is 0 Å². The van der Waals surface area contributed by atoms with E-state index >= 15 is 0 Å². The molecule has 0 radical (unpaired) electrons. The number of hydrogen-bond donors (Lipinski definition) is 2. The van der Waals surface area contributed by atoms with Crippen molar-refractivity contribution in [2.24, 2.45) is 11.1 Å². The molecule has 16 heavy (non-hydrogen) atoms. The summed E-state index contributed by atoms with van der Waals surface area (Å²) in [5.41, 5.74) is 5.80. The highest BCUT2D eigenvalue weighted by Gasteiger charge is 2.21. The van der Waals surface area contributed by atoms with Crippen LogP contribution in [-0.2, 0) is 0 Å². The fraction of sp³-hybridized carbons (Fsp3) is 0.500. The zero-order valence-electron chi connectivity index (χ0n) is 10.2. The lowest BCUT2D eigenvalue weighted by Crippen LogP contribution is -2.32. The van der Waals surface area contributed by atoms with E-state index in [1.807, 2.05) is 0 Å². The van der Waals surface area contributed by atoms with Gasteiger partial charge in [-0.15, -0.1) is 0 Å². The van der Waals surface area contributed by atoms with Crippen LogP contribution in [0.3, 0.4) is 0 Å². The van der Waals surface area contributed by atoms with Crippen LogP contribution in [0.4, 0.5) is 5.82 Å². The van der Waals surface area contributed by atoms with Crippen LogP contribution in [-0.4, -0.2) is 16.9 Å². The third-order valence-corrected chi connectivity index (χ3v) is 2.73. The molecule has 0 aliphatic rings. The van der Waals surface area contributed by atoms with Crippen molar-refractivity contribution in [3.8, 4) is 0 Å². The summed E-state index contributed by atoms with van der Waals surface area (Å²) in [6.45, 7) is 8.42. The number of aromatic nitrogens is 1. The Balaban J connectivity index is 2.93. The minimum Gasteiger partial charge on any atom is -0.366 e. The minimum atomic E-state index is -0.461. The quantitative estimate of drug-likeness (QED) is 0.820. The molecule has 0 aromatic carbocycles. The maximum absolute atomic E-state index is 11.2. The molecule has 0 saturated carbocycles. The summed E-state index contributed by atoms with van der Waals surface area (Å²) in [7, 11) is 0. The van der Waals surface area contributed by atoms with Gasteiger partial charge >= 0.3 is 0 Å². The highest BCUT2D eigenvalue weighted by molar-refractivity contribution is 5.97. The van der Waals surface area contributed by atoms with E-state index in [1.54, 1.807) is 18.3 Å². The highest BCUT2D eigenvalue weighted by Crippen LogP contribution is 2.23. The summed E-state index contributed by atoms with van der Waals surface area (Å²) in [6, 6.07) is 3.57. The molecule has 3 N–H and O–H groups in total. The minimum absolute atomic E-state index is 0.0897. The molecule has 0 fully saturated rings. The third-order valence-electron chi connectivity index (χ3n) is 2.73. The van der Waals surface area contributed by atoms with Crippen LogP contribution in [0.5, 0.6) is 0 Å². The van der Waals surface area contributed by atoms with Crippen LogP contribution < -0.4 is 11.1 Å². The SMILES string of the molecule is CC(Nc1ncccc1C(N)=O)C(C)(C)C. The second-order valence-corrected chi connectivity index (χ2v) is 5.00. The lowest BCUT2D eigenvalue weighted by atomic mass is 9.88. The number of pyridine rings is 1. The fourth-order valence-corrected chi connectivity index (χ4v) is 1.14. The Labute approximate surface area is 96.3 Å². The van der Waals surface area contributed by atoms with Crippen molar-refractivity contribution in [1.29, 1.82) is 0 Å². The standard InChI is InChI=1S/C12H19N3O/c1-8(12(2,3)4)15-11-9(10(13)16)6-5-7-14-11/h5-8H,1-4H3,(H2,13,16)(H,14,15). The number of rotatable bonds is 3. The number of primary amides is 1. The molecule has 1 amide bonds. The number of nitrogens with zero attached hydrogens (tertiary/aromatic N) is 1. The summed E-state index contributed by atoms with van der Waals surface area (Å²) >= 11 is 0. The summed E-state index contributed by atoms with van der Waals surface area (Å²) in [5.74, 6) is 0.0918. The van der Waals surface area contributed by atoms with Crippen molar-refractivity contribution in [1.82, 2.24) is 4.98 Å². The topological polar surface area (TPSA) is 68.0 Å². The first-order valence-electron chi connectivity index (χ1n) is 5.33. The van der Waals surface area contributed by atoms with E-state index in [2.05, 4.69) is 38.0 Å². The molecule has 1 heterocycles. The Morgan fingerprint density at radius 2 is 2.12 bits per heavy atom. The average molecular weight is 221 g/mol. The largest absolute Gasteiger partial charge is 0.366 e. The Morgan fingerprint density at radius 1 is 1.50 bits per heavy atom. The molecule has 1 rings (SSSR count). The van der Waals surface area contributed by atoms with Crippen LogP contribution >= 0.6 is 0 Å². The molecule has 1 unspecified atom stereocenters. The summed E-state index contributed by atoms with van der Waals surface area (Å²) in [4.78, 5) is 15.3. The van der Waals surface area contributed by atoms with Crippen LogP contribution in [0.15, 0.2) is 18.3 Å². The van der Waals surface area contributed by atoms with Gasteiger partial charge in [0.15, 0.2) is 0 Å². The fourth-order valence-electron chi connectivity index (χ4n) is 1.14. The van der Waals surface area contributed by atoms with Gasteiger partial charge in [-0.25, -0.2) is 4.98 Å². The van der Waals surface area contributed by atoms with Gasteiger partial charge in [-0.05, 0) is 24.5 Å². The van der Waals surface area contributed by atoms with Gasteiger partial charge in [-0.3, -0.25) is 4.79 Å². The van der Waals surface area contributed by atoms with E-state index in [0.29, 0.717) is 11.4 Å². The Kier molecular flexibility index (Phi) is 3.52. The first-order chi connectivity index (χ1) is 7.32. The van der Waals surface area contributed by atoms with Crippen molar-refractivity contribution < 1.29 is 4.79 Å². The van der Waals surface area contributed by atoms with Gasteiger partial charge in [-0.1, -0.05) is 20.8 Å². The number of nitrogens with two attached hydrogens (primary N) is 1. The van der Waals surface area contributed by atoms with E-state index in [1.165, 1.54) is 0 Å². The molecule has 0 spiro atoms. The van der Waals surface area contributed by atoms with Gasteiger partial charge in [0, 0.05) is 12.2 Å². The van der Waals surface area contributed by atoms with E-state index in [4.69, 9.17) is 5.73 Å². The number of carbonyl (C=O) groups is 1. The van der Waals surface area contributed by atoms with Crippen molar-refractivity contribution in [3.05, 3.63) is 23.9 Å². The summed E-state index contributed by atoms with van der Waals surface area (Å²) in [5, 5.41) is 3.22. The molecule has 1 aromatic heterocycles. The number of amides is 1. The normalized spacial score (nSPS) is 13.2. The number of carbonyl (C=O) groups excluding carboxylic acids is 1. The second kappa shape index (κ2) is 4.51. The lowest BCUT2D eigenvalue weighted by Gasteiger charge is -2.29. The molecule has 0 aliphatic carbocycles. The van der Waals surface area contributed by atoms with Gasteiger partial charge in [0.1, 0.15) is 5.82 Å². The van der Waals surface area contributed by atoms with E-state index in [9.17, 15) is 4.79 Å². The van der Waals surface area contributed by atoms with Crippen molar-refractivity contribution >= 4 is 11.7 Å². The zero-order chi connectivity index (χ0) is 12.3. The second-order valence-electron chi connectivity index (χ2n) is 5.00. The number of nitrogens with one attached hydrogen (secondary N) is 1. The Morgan fingerprint density at radius 3 is 2.62 bits per heavy atom. The first-order valence-corrected chi connectivity index (χ1v) is 5.33. The maximum Gasteiger partial charge on any atom is 0.252 e. The van der Waals surface area contributed by atoms with Gasteiger partial charge in [0.25, 0.3) is 5.91 Å². The first kappa shape index (κ1) is 12.5. The molecular weight excluding hydrogens is 202 g/mol. The molecule has 88 valence electrons. The molecule has 4 heteroatoms. The maximum atomic E-state index is 11.2. The van der Waals surface area contributed by atoms with E-state index < -0.39 is 5.91 Å². The average Bonchev–Trinajstić information content (AvgIpc) is 2.16. The predicted molar refractivity (Wildman–Crippen MR) is 65.3 cm³/mol.